The molecule has 3 rings (SSSR count). The molecule has 30 heavy (non-hydrogen) atoms. The highest BCUT2D eigenvalue weighted by Crippen LogP contribution is 2.48. The molecule has 1 aliphatic heterocycles. The summed E-state index contributed by atoms with van der Waals surface area (Å²) in [5.41, 5.74) is 0.246. The highest BCUT2D eigenvalue weighted by molar-refractivity contribution is 7.58. The Morgan fingerprint density at radius 3 is 2.17 bits per heavy atom. The largest absolute Gasteiger partial charge is 0.477 e. The fourth-order valence-electron chi connectivity index (χ4n) is 4.50. The molecule has 0 radical (unpaired) electrons. The van der Waals surface area contributed by atoms with Crippen LogP contribution in [-0.4, -0.2) is 40.2 Å². The van der Waals surface area contributed by atoms with Gasteiger partial charge in [0.1, 0.15) is 4.88 Å². The van der Waals surface area contributed by atoms with E-state index in [9.17, 15) is 24.2 Å². The van der Waals surface area contributed by atoms with E-state index >= 15 is 0 Å². The van der Waals surface area contributed by atoms with Crippen LogP contribution in [0, 0.1) is 11.8 Å². The zero-order valence-electron chi connectivity index (χ0n) is 18.4. The van der Waals surface area contributed by atoms with Gasteiger partial charge >= 0.3 is 5.97 Å². The quantitative estimate of drug-likeness (QED) is 0.598. The van der Waals surface area contributed by atoms with E-state index in [0.29, 0.717) is 24.4 Å². The molecule has 8 heteroatoms. The minimum atomic E-state index is -3.13. The maximum absolute atomic E-state index is 13.7. The molecular formula is C22H34NO5PS. The SMILES string of the molecule is CC1CCC(C(=O)N(c2cc(C(C)(C)C)sc2C(=O)O)C2CCP(=O)(O)CC2)CC1. The standard InChI is InChI=1S/C22H34NO5PS/c1-14-5-7-15(8-6-14)20(24)23(16-9-11-29(27,28)12-10-16)17-13-18(22(2,3)4)30-19(17)21(25)26/h13-16H,5-12H2,1-4H3,(H,25,26)(H,27,28). The lowest BCUT2D eigenvalue weighted by atomic mass is 9.82. The summed E-state index contributed by atoms with van der Waals surface area (Å²) in [5.74, 6) is -0.532. The Morgan fingerprint density at radius 2 is 1.67 bits per heavy atom. The van der Waals surface area contributed by atoms with Crippen LogP contribution in [0.15, 0.2) is 6.07 Å². The number of hydrogen-bond acceptors (Lipinski definition) is 4. The highest BCUT2D eigenvalue weighted by atomic mass is 32.1. The first kappa shape index (κ1) is 23.5. The average molecular weight is 456 g/mol. The Balaban J connectivity index is 2.01. The first-order valence-electron chi connectivity index (χ1n) is 10.9. The van der Waals surface area contributed by atoms with Gasteiger partial charge in [-0.2, -0.15) is 0 Å². The van der Waals surface area contributed by atoms with E-state index in [1.165, 1.54) is 11.3 Å². The highest BCUT2D eigenvalue weighted by Gasteiger charge is 2.39. The number of nitrogens with zero attached hydrogens (tertiary/aromatic N) is 1. The van der Waals surface area contributed by atoms with E-state index in [0.717, 1.165) is 30.6 Å². The van der Waals surface area contributed by atoms with E-state index in [-0.39, 0.29) is 40.5 Å². The van der Waals surface area contributed by atoms with Gasteiger partial charge in [-0.1, -0.05) is 27.7 Å². The van der Waals surface area contributed by atoms with Crippen LogP contribution in [0.2, 0.25) is 0 Å². The predicted molar refractivity (Wildman–Crippen MR) is 121 cm³/mol. The second-order valence-corrected chi connectivity index (χ2v) is 13.7. The van der Waals surface area contributed by atoms with Gasteiger partial charge in [-0.15, -0.1) is 11.3 Å². The van der Waals surface area contributed by atoms with Crippen molar-refractivity contribution in [3.05, 3.63) is 15.8 Å². The number of carbonyl (C=O) groups excluding carboxylic acids is 1. The van der Waals surface area contributed by atoms with Crippen molar-refractivity contribution >= 4 is 36.3 Å². The van der Waals surface area contributed by atoms with Crippen LogP contribution in [0.4, 0.5) is 5.69 Å². The number of thiophene rings is 1. The van der Waals surface area contributed by atoms with Crippen LogP contribution in [-0.2, 0) is 14.8 Å². The van der Waals surface area contributed by atoms with Gasteiger partial charge in [0.25, 0.3) is 0 Å². The summed E-state index contributed by atoms with van der Waals surface area (Å²) in [7, 11) is -3.13. The number of aromatic carboxylic acids is 1. The van der Waals surface area contributed by atoms with E-state index in [1.807, 2.05) is 26.8 Å². The van der Waals surface area contributed by atoms with Crippen LogP contribution in [0.25, 0.3) is 0 Å². The van der Waals surface area contributed by atoms with Crippen LogP contribution in [0.5, 0.6) is 0 Å². The Bertz CT molecular complexity index is 838. The minimum absolute atomic E-state index is 0.0117. The smallest absolute Gasteiger partial charge is 0.348 e. The fourth-order valence-corrected chi connectivity index (χ4v) is 7.17. The molecule has 1 aromatic heterocycles. The van der Waals surface area contributed by atoms with Gasteiger partial charge in [0.05, 0.1) is 5.69 Å². The molecule has 0 unspecified atom stereocenters. The molecule has 2 N–H and O–H groups in total. The Kier molecular flexibility index (Phi) is 6.86. The normalized spacial score (nSPS) is 30.1. The van der Waals surface area contributed by atoms with E-state index in [2.05, 4.69) is 6.92 Å². The maximum atomic E-state index is 13.7. The lowest BCUT2D eigenvalue weighted by Gasteiger charge is -2.38. The first-order valence-corrected chi connectivity index (χ1v) is 13.7. The topological polar surface area (TPSA) is 94.9 Å². The maximum Gasteiger partial charge on any atom is 0.348 e. The summed E-state index contributed by atoms with van der Waals surface area (Å²) in [6, 6.07) is 1.64. The van der Waals surface area contributed by atoms with E-state index in [1.54, 1.807) is 4.90 Å². The van der Waals surface area contributed by atoms with Crippen LogP contribution < -0.4 is 4.90 Å². The Labute approximate surface area is 183 Å². The monoisotopic (exact) mass is 455 g/mol. The fraction of sp³-hybridized carbons (Fsp3) is 0.727. The van der Waals surface area contributed by atoms with Gasteiger partial charge in [0.2, 0.25) is 13.3 Å². The van der Waals surface area contributed by atoms with Gasteiger partial charge in [0, 0.05) is 29.2 Å². The van der Waals surface area contributed by atoms with Crippen LogP contribution in [0.3, 0.4) is 0 Å². The summed E-state index contributed by atoms with van der Waals surface area (Å²) >= 11 is 1.23. The number of anilines is 1. The third-order valence-electron chi connectivity index (χ3n) is 6.50. The molecule has 2 heterocycles. The van der Waals surface area contributed by atoms with Crippen molar-refractivity contribution in [1.82, 2.24) is 0 Å². The van der Waals surface area contributed by atoms with Crippen molar-refractivity contribution in [2.45, 2.75) is 77.7 Å². The van der Waals surface area contributed by atoms with Crippen LogP contribution >= 0.6 is 18.7 Å². The first-order chi connectivity index (χ1) is 13.9. The molecular weight excluding hydrogens is 421 g/mol. The van der Waals surface area contributed by atoms with Crippen molar-refractivity contribution in [3.8, 4) is 0 Å². The molecule has 6 nitrogen and oxygen atoms in total. The molecule has 0 aromatic carbocycles. The molecule has 2 fully saturated rings. The van der Waals surface area contributed by atoms with E-state index in [4.69, 9.17) is 0 Å². The number of carboxylic acid groups (broad SMARTS) is 1. The summed E-state index contributed by atoms with van der Waals surface area (Å²) in [6.45, 7) is 8.30. The minimum Gasteiger partial charge on any atom is -0.477 e. The summed E-state index contributed by atoms with van der Waals surface area (Å²) in [5, 5.41) is 9.89. The second-order valence-electron chi connectivity index (χ2n) is 10.1. The Morgan fingerprint density at radius 1 is 1.10 bits per heavy atom. The average Bonchev–Trinajstić information content (AvgIpc) is 3.09. The molecule has 1 amide bonds. The lowest BCUT2D eigenvalue weighted by Crippen LogP contribution is -2.47. The summed E-state index contributed by atoms with van der Waals surface area (Å²) < 4.78 is 12.1. The van der Waals surface area contributed by atoms with Gasteiger partial charge in [-0.05, 0) is 55.9 Å². The number of rotatable bonds is 4. The van der Waals surface area contributed by atoms with Crippen molar-refractivity contribution in [2.24, 2.45) is 11.8 Å². The molecule has 168 valence electrons. The lowest BCUT2D eigenvalue weighted by molar-refractivity contribution is -0.124. The van der Waals surface area contributed by atoms with E-state index < -0.39 is 13.3 Å². The summed E-state index contributed by atoms with van der Waals surface area (Å²) in [6.07, 6.45) is 4.88. The molecule has 0 spiro atoms. The molecule has 1 aromatic rings. The molecule has 0 bridgehead atoms. The molecule has 2 aliphatic rings. The third-order valence-corrected chi connectivity index (χ3v) is 9.95. The molecule has 1 aliphatic carbocycles. The second kappa shape index (κ2) is 8.76. The van der Waals surface area contributed by atoms with Crippen molar-refractivity contribution in [2.75, 3.05) is 17.2 Å². The molecule has 1 saturated carbocycles. The van der Waals surface area contributed by atoms with Crippen molar-refractivity contribution < 1.29 is 24.2 Å². The van der Waals surface area contributed by atoms with Crippen molar-refractivity contribution in [3.63, 3.8) is 0 Å². The predicted octanol–water partition coefficient (Wildman–Crippen LogP) is 5.34. The number of hydrogen-bond donors (Lipinski definition) is 2. The van der Waals surface area contributed by atoms with Crippen molar-refractivity contribution in [1.29, 1.82) is 0 Å². The number of amides is 1. The van der Waals surface area contributed by atoms with Gasteiger partial charge in [0.15, 0.2) is 0 Å². The zero-order chi connectivity index (χ0) is 22.3. The van der Waals surface area contributed by atoms with Gasteiger partial charge in [-0.3, -0.25) is 9.36 Å². The van der Waals surface area contributed by atoms with Gasteiger partial charge < -0.3 is 14.9 Å². The van der Waals surface area contributed by atoms with Gasteiger partial charge in [-0.25, -0.2) is 4.79 Å². The zero-order valence-corrected chi connectivity index (χ0v) is 20.1. The molecule has 1 saturated heterocycles. The van der Waals surface area contributed by atoms with Crippen LogP contribution in [0.1, 0.15) is 80.8 Å². The number of carboxylic acids is 1. The number of carbonyl (C=O) groups is 2. The summed E-state index contributed by atoms with van der Waals surface area (Å²) in [4.78, 5) is 38.6. The third kappa shape index (κ3) is 5.17. The molecule has 0 atom stereocenters. The Hall–Kier alpha value is -1.17.